The van der Waals surface area contributed by atoms with Gasteiger partial charge >= 0.3 is 0 Å². The molecule has 0 aliphatic rings. The summed E-state index contributed by atoms with van der Waals surface area (Å²) >= 11 is 0. The van der Waals surface area contributed by atoms with Crippen molar-refractivity contribution >= 4 is 5.96 Å². The summed E-state index contributed by atoms with van der Waals surface area (Å²) in [5.41, 5.74) is 2.32. The molecule has 2 aromatic carbocycles. The van der Waals surface area contributed by atoms with Crippen molar-refractivity contribution in [3.05, 3.63) is 65.7 Å². The molecule has 0 saturated carbocycles. The third-order valence-electron chi connectivity index (χ3n) is 3.57. The third-order valence-corrected chi connectivity index (χ3v) is 3.57. The Bertz CT molecular complexity index is 644. The van der Waals surface area contributed by atoms with Crippen molar-refractivity contribution in [2.24, 2.45) is 4.99 Å². The molecule has 0 aliphatic heterocycles. The van der Waals surface area contributed by atoms with E-state index in [1.165, 1.54) is 5.56 Å². The van der Waals surface area contributed by atoms with E-state index in [4.69, 9.17) is 9.47 Å². The first kappa shape index (κ1) is 18.8. The quantitative estimate of drug-likeness (QED) is 0.418. The van der Waals surface area contributed by atoms with E-state index in [1.807, 2.05) is 43.3 Å². The zero-order valence-corrected chi connectivity index (χ0v) is 15.0. The molecule has 5 nitrogen and oxygen atoms in total. The molecule has 5 heteroatoms. The first-order valence-electron chi connectivity index (χ1n) is 8.59. The van der Waals surface area contributed by atoms with Gasteiger partial charge in [0.15, 0.2) is 5.96 Å². The van der Waals surface area contributed by atoms with Crippen molar-refractivity contribution in [1.82, 2.24) is 10.6 Å². The molecule has 0 saturated heterocycles. The molecular formula is C20H27N3O2. The maximum absolute atomic E-state index is 5.80. The van der Waals surface area contributed by atoms with Crippen LogP contribution < -0.4 is 15.4 Å². The Morgan fingerprint density at radius 2 is 1.80 bits per heavy atom. The molecule has 0 amide bonds. The van der Waals surface area contributed by atoms with Crippen molar-refractivity contribution in [1.29, 1.82) is 0 Å². The molecule has 2 N–H and O–H groups in total. The maximum Gasteiger partial charge on any atom is 0.191 e. The molecule has 0 radical (unpaired) electrons. The van der Waals surface area contributed by atoms with E-state index >= 15 is 0 Å². The van der Waals surface area contributed by atoms with Crippen LogP contribution in [-0.4, -0.2) is 32.8 Å². The number of para-hydroxylation sites is 1. The van der Waals surface area contributed by atoms with E-state index in [-0.39, 0.29) is 0 Å². The fraction of sp³-hybridized carbons (Fsp3) is 0.350. The lowest BCUT2D eigenvalue weighted by Gasteiger charge is -2.13. The van der Waals surface area contributed by atoms with Crippen LogP contribution in [0.4, 0.5) is 0 Å². The van der Waals surface area contributed by atoms with Gasteiger partial charge < -0.3 is 20.1 Å². The zero-order chi connectivity index (χ0) is 17.7. The van der Waals surface area contributed by atoms with E-state index in [2.05, 4.69) is 33.8 Å². The number of guanidine groups is 1. The highest BCUT2D eigenvalue weighted by Gasteiger charge is 2.01. The first-order valence-corrected chi connectivity index (χ1v) is 8.59. The van der Waals surface area contributed by atoms with Gasteiger partial charge in [0.2, 0.25) is 0 Å². The van der Waals surface area contributed by atoms with Crippen molar-refractivity contribution in [2.45, 2.75) is 20.1 Å². The highest BCUT2D eigenvalue weighted by atomic mass is 16.5. The zero-order valence-electron chi connectivity index (χ0n) is 15.0. The van der Waals surface area contributed by atoms with Crippen LogP contribution in [0.15, 0.2) is 59.6 Å². The van der Waals surface area contributed by atoms with Gasteiger partial charge in [0.1, 0.15) is 12.4 Å². The largest absolute Gasteiger partial charge is 0.489 e. The molecule has 0 heterocycles. The van der Waals surface area contributed by atoms with Crippen LogP contribution in [-0.2, 0) is 17.9 Å². The van der Waals surface area contributed by atoms with Crippen LogP contribution in [0.2, 0.25) is 0 Å². The molecule has 25 heavy (non-hydrogen) atoms. The lowest BCUT2D eigenvalue weighted by atomic mass is 10.1. The number of ether oxygens (including phenoxy) is 2. The molecule has 0 spiro atoms. The molecule has 0 unspecified atom stereocenters. The average molecular weight is 341 g/mol. The van der Waals surface area contributed by atoms with Crippen molar-refractivity contribution in [2.75, 3.05) is 26.8 Å². The maximum atomic E-state index is 5.80. The number of hydrogen-bond acceptors (Lipinski definition) is 3. The van der Waals surface area contributed by atoms with Crippen LogP contribution in [0.5, 0.6) is 5.75 Å². The van der Waals surface area contributed by atoms with Crippen LogP contribution in [0, 0.1) is 0 Å². The van der Waals surface area contributed by atoms with Gasteiger partial charge in [-0.1, -0.05) is 42.5 Å². The molecule has 0 atom stereocenters. The molecule has 0 fully saturated rings. The molecule has 0 aliphatic carbocycles. The summed E-state index contributed by atoms with van der Waals surface area (Å²) in [5.74, 6) is 1.65. The molecule has 0 aromatic heterocycles. The van der Waals surface area contributed by atoms with Gasteiger partial charge in [0.05, 0.1) is 6.61 Å². The third kappa shape index (κ3) is 7.27. The Balaban J connectivity index is 1.80. The second kappa shape index (κ2) is 11.1. The second-order valence-electron chi connectivity index (χ2n) is 5.47. The van der Waals surface area contributed by atoms with E-state index in [0.717, 1.165) is 30.4 Å². The summed E-state index contributed by atoms with van der Waals surface area (Å²) in [6.45, 7) is 5.38. The van der Waals surface area contributed by atoms with Gasteiger partial charge in [-0.25, -0.2) is 0 Å². The molecule has 134 valence electrons. The molecular weight excluding hydrogens is 314 g/mol. The topological polar surface area (TPSA) is 54.9 Å². The molecule has 2 aromatic rings. The highest BCUT2D eigenvalue weighted by Crippen LogP contribution is 2.12. The van der Waals surface area contributed by atoms with Crippen LogP contribution in [0.25, 0.3) is 0 Å². The van der Waals surface area contributed by atoms with Gasteiger partial charge in [-0.05, 0) is 30.2 Å². The minimum Gasteiger partial charge on any atom is -0.489 e. The van der Waals surface area contributed by atoms with E-state index in [1.54, 1.807) is 7.05 Å². The Morgan fingerprint density at radius 1 is 1.00 bits per heavy atom. The first-order chi connectivity index (χ1) is 12.3. The fourth-order valence-corrected chi connectivity index (χ4v) is 2.31. The number of nitrogens with zero attached hydrogens (tertiary/aromatic N) is 1. The standard InChI is InChI=1S/C20H27N3O2/c1-3-24-13-12-22-20(21-2)23-15-17-8-7-9-18(14-17)16-25-19-10-5-4-6-11-19/h4-11,14H,3,12-13,15-16H2,1-2H3,(H2,21,22,23). The summed E-state index contributed by atoms with van der Waals surface area (Å²) in [6, 6.07) is 18.2. The highest BCUT2D eigenvalue weighted by molar-refractivity contribution is 5.79. The van der Waals surface area contributed by atoms with E-state index in [9.17, 15) is 0 Å². The smallest absolute Gasteiger partial charge is 0.191 e. The number of hydrogen-bond donors (Lipinski definition) is 2. The minimum absolute atomic E-state index is 0.555. The molecule has 0 bridgehead atoms. The monoisotopic (exact) mass is 341 g/mol. The Labute approximate surface area is 150 Å². The number of rotatable bonds is 9. The van der Waals surface area contributed by atoms with Crippen LogP contribution in [0.1, 0.15) is 18.1 Å². The summed E-state index contributed by atoms with van der Waals surface area (Å²) < 4.78 is 11.1. The van der Waals surface area contributed by atoms with Crippen molar-refractivity contribution in [3.63, 3.8) is 0 Å². The lowest BCUT2D eigenvalue weighted by Crippen LogP contribution is -2.38. The Morgan fingerprint density at radius 3 is 2.56 bits per heavy atom. The average Bonchev–Trinajstić information content (AvgIpc) is 2.67. The predicted octanol–water partition coefficient (Wildman–Crippen LogP) is 2.97. The number of nitrogens with one attached hydrogen (secondary N) is 2. The summed E-state index contributed by atoms with van der Waals surface area (Å²) in [7, 11) is 1.76. The Hall–Kier alpha value is -2.53. The summed E-state index contributed by atoms with van der Waals surface area (Å²) in [4.78, 5) is 4.21. The number of benzene rings is 2. The van der Waals surface area contributed by atoms with Crippen molar-refractivity contribution in [3.8, 4) is 5.75 Å². The molecule has 2 rings (SSSR count). The second-order valence-corrected chi connectivity index (χ2v) is 5.47. The van der Waals surface area contributed by atoms with E-state index in [0.29, 0.717) is 19.8 Å². The minimum atomic E-state index is 0.555. The number of aliphatic imine (C=N–C) groups is 1. The normalized spacial score (nSPS) is 11.2. The van der Waals surface area contributed by atoms with Crippen LogP contribution in [0.3, 0.4) is 0 Å². The lowest BCUT2D eigenvalue weighted by molar-refractivity contribution is 0.152. The van der Waals surface area contributed by atoms with Gasteiger partial charge in [-0.15, -0.1) is 0 Å². The van der Waals surface area contributed by atoms with Crippen LogP contribution >= 0.6 is 0 Å². The predicted molar refractivity (Wildman–Crippen MR) is 102 cm³/mol. The van der Waals surface area contributed by atoms with Gasteiger partial charge in [0.25, 0.3) is 0 Å². The van der Waals surface area contributed by atoms with E-state index < -0.39 is 0 Å². The Kier molecular flexibility index (Phi) is 8.35. The van der Waals surface area contributed by atoms with Gasteiger partial charge in [0, 0.05) is 26.7 Å². The van der Waals surface area contributed by atoms with Gasteiger partial charge in [-0.3, -0.25) is 4.99 Å². The van der Waals surface area contributed by atoms with Gasteiger partial charge in [-0.2, -0.15) is 0 Å². The SMILES string of the molecule is CCOCCNC(=NC)NCc1cccc(COc2ccccc2)c1. The summed E-state index contributed by atoms with van der Waals surface area (Å²) in [6.07, 6.45) is 0. The fourth-order valence-electron chi connectivity index (χ4n) is 2.31. The summed E-state index contributed by atoms with van der Waals surface area (Å²) in [5, 5.41) is 6.53. The van der Waals surface area contributed by atoms with Crippen molar-refractivity contribution < 1.29 is 9.47 Å².